The highest BCUT2D eigenvalue weighted by atomic mass is 16.7. The standard InChI is InChI=1S/C19H19N3O3/c1-22(2)15-6-3-13(4-7-15)12-20-14-5-8-17-16(11-14)19(18(23)21-17)24-9-10-25-19/h3-8,11-12H,9-10H2,1-2H3,(H,21,23). The highest BCUT2D eigenvalue weighted by Gasteiger charge is 2.52. The molecule has 1 amide bonds. The minimum atomic E-state index is -1.31. The fraction of sp³-hybridized carbons (Fsp3) is 0.263. The minimum Gasteiger partial charge on any atom is -0.378 e. The molecular formula is C19H19N3O3. The predicted octanol–water partition coefficient (Wildman–Crippen LogP) is 2.65. The van der Waals surface area contributed by atoms with E-state index in [1.54, 1.807) is 6.21 Å². The Morgan fingerprint density at radius 1 is 1.12 bits per heavy atom. The first-order valence-electron chi connectivity index (χ1n) is 8.14. The molecule has 6 nitrogen and oxygen atoms in total. The van der Waals surface area contributed by atoms with Crippen LogP contribution in [-0.4, -0.2) is 39.4 Å². The van der Waals surface area contributed by atoms with Crippen molar-refractivity contribution in [3.8, 4) is 0 Å². The maximum Gasteiger partial charge on any atom is 0.289 e. The molecule has 0 aliphatic carbocycles. The van der Waals surface area contributed by atoms with Gasteiger partial charge in [0.1, 0.15) is 0 Å². The minimum absolute atomic E-state index is 0.277. The van der Waals surface area contributed by atoms with Gasteiger partial charge in [0.25, 0.3) is 11.7 Å². The van der Waals surface area contributed by atoms with E-state index in [0.717, 1.165) is 16.9 Å². The Bertz CT molecular complexity index is 837. The fourth-order valence-electron chi connectivity index (χ4n) is 3.03. The molecule has 0 unspecified atom stereocenters. The zero-order valence-electron chi connectivity index (χ0n) is 14.2. The lowest BCUT2D eigenvalue weighted by Gasteiger charge is -2.19. The molecule has 0 aromatic heterocycles. The van der Waals surface area contributed by atoms with Crippen LogP contribution in [0.15, 0.2) is 47.5 Å². The first-order valence-corrected chi connectivity index (χ1v) is 8.14. The SMILES string of the molecule is CN(C)c1ccc(C=Nc2ccc3c(c2)C2(OCCO2)C(=O)N3)cc1. The van der Waals surface area contributed by atoms with Gasteiger partial charge in [-0.1, -0.05) is 12.1 Å². The molecule has 1 fully saturated rings. The molecule has 1 N–H and O–H groups in total. The normalized spacial score (nSPS) is 17.9. The van der Waals surface area contributed by atoms with Crippen molar-refractivity contribution in [2.24, 2.45) is 4.99 Å². The molecule has 0 saturated carbocycles. The van der Waals surface area contributed by atoms with E-state index in [1.807, 2.05) is 61.5 Å². The number of rotatable bonds is 3. The van der Waals surface area contributed by atoms with Crippen molar-refractivity contribution in [1.82, 2.24) is 0 Å². The quantitative estimate of drug-likeness (QED) is 0.875. The molecule has 1 saturated heterocycles. The van der Waals surface area contributed by atoms with Gasteiger partial charge in [-0.15, -0.1) is 0 Å². The number of aliphatic imine (C=N–C) groups is 1. The topological polar surface area (TPSA) is 63.2 Å². The Kier molecular flexibility index (Phi) is 3.78. The third kappa shape index (κ3) is 2.69. The molecule has 2 aliphatic rings. The number of hydrogen-bond acceptors (Lipinski definition) is 5. The van der Waals surface area contributed by atoms with Crippen LogP contribution in [0.3, 0.4) is 0 Å². The van der Waals surface area contributed by atoms with E-state index in [1.165, 1.54) is 0 Å². The second kappa shape index (κ2) is 5.98. The Morgan fingerprint density at radius 3 is 2.52 bits per heavy atom. The third-order valence-electron chi connectivity index (χ3n) is 4.37. The van der Waals surface area contributed by atoms with Gasteiger partial charge in [0, 0.05) is 31.6 Å². The monoisotopic (exact) mass is 337 g/mol. The van der Waals surface area contributed by atoms with Gasteiger partial charge in [0.2, 0.25) is 0 Å². The van der Waals surface area contributed by atoms with Crippen LogP contribution >= 0.6 is 0 Å². The maximum atomic E-state index is 12.2. The molecule has 25 heavy (non-hydrogen) atoms. The number of ether oxygens (including phenoxy) is 2. The Hall–Kier alpha value is -2.70. The van der Waals surface area contributed by atoms with Gasteiger partial charge in [-0.3, -0.25) is 9.79 Å². The van der Waals surface area contributed by atoms with Crippen LogP contribution in [0.4, 0.5) is 17.1 Å². The van der Waals surface area contributed by atoms with Crippen molar-refractivity contribution in [3.63, 3.8) is 0 Å². The number of amides is 1. The van der Waals surface area contributed by atoms with E-state index in [2.05, 4.69) is 10.3 Å². The van der Waals surface area contributed by atoms with Crippen molar-refractivity contribution in [3.05, 3.63) is 53.6 Å². The summed E-state index contributed by atoms with van der Waals surface area (Å²) >= 11 is 0. The van der Waals surface area contributed by atoms with Crippen LogP contribution in [0.5, 0.6) is 0 Å². The van der Waals surface area contributed by atoms with Crippen LogP contribution in [0.2, 0.25) is 0 Å². The van der Waals surface area contributed by atoms with Crippen molar-refractivity contribution in [2.75, 3.05) is 37.5 Å². The Labute approximate surface area is 146 Å². The Morgan fingerprint density at radius 2 is 1.84 bits per heavy atom. The summed E-state index contributed by atoms with van der Waals surface area (Å²) < 4.78 is 11.2. The maximum absolute atomic E-state index is 12.2. The largest absolute Gasteiger partial charge is 0.378 e. The van der Waals surface area contributed by atoms with E-state index < -0.39 is 5.79 Å². The number of benzene rings is 2. The van der Waals surface area contributed by atoms with Crippen LogP contribution in [0.25, 0.3) is 0 Å². The molecular weight excluding hydrogens is 318 g/mol. The van der Waals surface area contributed by atoms with Gasteiger partial charge < -0.3 is 19.7 Å². The zero-order chi connectivity index (χ0) is 17.4. The number of nitrogens with one attached hydrogen (secondary N) is 1. The zero-order valence-corrected chi connectivity index (χ0v) is 14.2. The average Bonchev–Trinajstić information content (AvgIpc) is 3.21. The van der Waals surface area contributed by atoms with Crippen molar-refractivity contribution < 1.29 is 14.3 Å². The summed E-state index contributed by atoms with van der Waals surface area (Å²) in [5.41, 5.74) is 4.28. The van der Waals surface area contributed by atoms with Crippen LogP contribution in [0, 0.1) is 0 Å². The van der Waals surface area contributed by atoms with Crippen molar-refractivity contribution in [2.45, 2.75) is 5.79 Å². The summed E-state index contributed by atoms with van der Waals surface area (Å²) in [5.74, 6) is -1.59. The van der Waals surface area contributed by atoms with Gasteiger partial charge >= 0.3 is 0 Å². The number of nitrogens with zero attached hydrogens (tertiary/aromatic N) is 2. The summed E-state index contributed by atoms with van der Waals surface area (Å²) in [6, 6.07) is 13.6. The van der Waals surface area contributed by atoms with Crippen molar-refractivity contribution >= 4 is 29.2 Å². The van der Waals surface area contributed by atoms with Gasteiger partial charge in [-0.05, 0) is 35.9 Å². The molecule has 1 spiro atoms. The van der Waals surface area contributed by atoms with E-state index >= 15 is 0 Å². The summed E-state index contributed by atoms with van der Waals surface area (Å²) in [6.45, 7) is 0.803. The van der Waals surface area contributed by atoms with Crippen molar-refractivity contribution in [1.29, 1.82) is 0 Å². The highest BCUT2D eigenvalue weighted by molar-refractivity contribution is 6.04. The second-order valence-corrected chi connectivity index (χ2v) is 6.24. The first kappa shape index (κ1) is 15.8. The fourth-order valence-corrected chi connectivity index (χ4v) is 3.03. The third-order valence-corrected chi connectivity index (χ3v) is 4.37. The lowest BCUT2D eigenvalue weighted by molar-refractivity contribution is -0.178. The highest BCUT2D eigenvalue weighted by Crippen LogP contribution is 2.43. The summed E-state index contributed by atoms with van der Waals surface area (Å²) in [4.78, 5) is 18.8. The summed E-state index contributed by atoms with van der Waals surface area (Å²) in [5, 5.41) is 2.80. The molecule has 2 aromatic carbocycles. The molecule has 128 valence electrons. The molecule has 4 rings (SSSR count). The van der Waals surface area contributed by atoms with Gasteiger partial charge in [-0.2, -0.15) is 0 Å². The van der Waals surface area contributed by atoms with Gasteiger partial charge in [0.15, 0.2) is 0 Å². The van der Waals surface area contributed by atoms with E-state index in [9.17, 15) is 4.79 Å². The number of carbonyl (C=O) groups excluding carboxylic acids is 1. The van der Waals surface area contributed by atoms with Crippen LogP contribution in [-0.2, 0) is 20.1 Å². The predicted molar refractivity (Wildman–Crippen MR) is 96.7 cm³/mol. The summed E-state index contributed by atoms with van der Waals surface area (Å²) in [6.07, 6.45) is 1.80. The number of carbonyl (C=O) groups is 1. The molecule has 0 atom stereocenters. The second-order valence-electron chi connectivity index (χ2n) is 6.24. The number of fused-ring (bicyclic) bond motifs is 2. The van der Waals surface area contributed by atoms with Crippen LogP contribution < -0.4 is 10.2 Å². The van der Waals surface area contributed by atoms with E-state index in [4.69, 9.17) is 9.47 Å². The summed E-state index contributed by atoms with van der Waals surface area (Å²) in [7, 11) is 4.01. The number of anilines is 2. The average molecular weight is 337 g/mol. The van der Waals surface area contributed by atoms with Gasteiger partial charge in [0.05, 0.1) is 24.6 Å². The van der Waals surface area contributed by atoms with Gasteiger partial charge in [-0.25, -0.2) is 0 Å². The van der Waals surface area contributed by atoms with Crippen LogP contribution in [0.1, 0.15) is 11.1 Å². The molecule has 0 bridgehead atoms. The molecule has 2 aliphatic heterocycles. The van der Waals surface area contributed by atoms with E-state index in [0.29, 0.717) is 24.5 Å². The smallest absolute Gasteiger partial charge is 0.289 e. The van der Waals surface area contributed by atoms with E-state index in [-0.39, 0.29) is 5.91 Å². The lowest BCUT2D eigenvalue weighted by Crippen LogP contribution is -2.35. The Balaban J connectivity index is 1.60. The molecule has 6 heteroatoms. The molecule has 2 aromatic rings. The first-order chi connectivity index (χ1) is 12.1. The molecule has 0 radical (unpaired) electrons. The lowest BCUT2D eigenvalue weighted by atomic mass is 10.1. The number of hydrogen-bond donors (Lipinski definition) is 1. The molecule has 2 heterocycles.